The van der Waals surface area contributed by atoms with Crippen molar-refractivity contribution in [3.63, 3.8) is 0 Å². The topological polar surface area (TPSA) is 78.4 Å². The molecule has 5 nitrogen and oxygen atoms in total. The van der Waals surface area contributed by atoms with Crippen molar-refractivity contribution >= 4 is 23.3 Å². The molecule has 0 aliphatic carbocycles. The molecule has 3 rings (SSSR count). The van der Waals surface area contributed by atoms with Gasteiger partial charge in [-0.05, 0) is 42.3 Å². The second-order valence-corrected chi connectivity index (χ2v) is 5.00. The number of hydrogen-bond acceptors (Lipinski definition) is 3. The lowest BCUT2D eigenvalue weighted by atomic mass is 10.1. The predicted octanol–water partition coefficient (Wildman–Crippen LogP) is 2.74. The molecule has 0 saturated heterocycles. The molecule has 0 atom stereocenters. The first kappa shape index (κ1) is 14.1. The smallest absolute Gasteiger partial charge is 0.338 e. The van der Waals surface area contributed by atoms with E-state index in [1.54, 1.807) is 12.1 Å². The number of amides is 1. The number of anilines is 2. The van der Waals surface area contributed by atoms with Crippen molar-refractivity contribution in [1.29, 1.82) is 0 Å². The largest absolute Gasteiger partial charge is 0.478 e. The standard InChI is InChI=1S/C16H13FN2O3/c17-13-8-11(3-4-12(13)16(21)22)19-15(20)10-2-1-9-5-6-18-14(9)7-10/h1-4,7-8,18H,5-6H2,(H,19,20)(H,21,22). The van der Waals surface area contributed by atoms with E-state index in [9.17, 15) is 14.0 Å². The van der Waals surface area contributed by atoms with Crippen molar-refractivity contribution < 1.29 is 19.1 Å². The van der Waals surface area contributed by atoms with E-state index in [0.29, 0.717) is 5.56 Å². The predicted molar refractivity (Wildman–Crippen MR) is 79.9 cm³/mol. The number of hydrogen-bond donors (Lipinski definition) is 3. The van der Waals surface area contributed by atoms with E-state index >= 15 is 0 Å². The lowest BCUT2D eigenvalue weighted by molar-refractivity contribution is 0.0692. The summed E-state index contributed by atoms with van der Waals surface area (Å²) in [5, 5.41) is 14.5. The summed E-state index contributed by atoms with van der Waals surface area (Å²) in [5.74, 6) is -2.61. The molecule has 0 fully saturated rings. The Bertz CT molecular complexity index is 774. The van der Waals surface area contributed by atoms with Gasteiger partial charge in [-0.1, -0.05) is 6.07 Å². The van der Waals surface area contributed by atoms with Crippen LogP contribution in [0.3, 0.4) is 0 Å². The average molecular weight is 300 g/mol. The molecule has 0 bridgehead atoms. The van der Waals surface area contributed by atoms with Crippen molar-refractivity contribution in [3.05, 3.63) is 58.9 Å². The van der Waals surface area contributed by atoms with Gasteiger partial charge < -0.3 is 15.7 Å². The number of carboxylic acid groups (broad SMARTS) is 1. The summed E-state index contributed by atoms with van der Waals surface area (Å²) in [6, 6.07) is 8.82. The lowest BCUT2D eigenvalue weighted by Gasteiger charge is -2.08. The minimum atomic E-state index is -1.35. The molecule has 1 amide bonds. The maximum absolute atomic E-state index is 13.6. The summed E-state index contributed by atoms with van der Waals surface area (Å²) in [6.45, 7) is 0.849. The van der Waals surface area contributed by atoms with Crippen LogP contribution in [0.5, 0.6) is 0 Å². The number of aromatic carboxylic acids is 1. The van der Waals surface area contributed by atoms with Gasteiger partial charge in [-0.3, -0.25) is 4.79 Å². The third-order valence-electron chi connectivity index (χ3n) is 3.54. The molecule has 0 unspecified atom stereocenters. The van der Waals surface area contributed by atoms with E-state index in [2.05, 4.69) is 10.6 Å². The normalized spacial score (nSPS) is 12.4. The number of halogens is 1. The Hall–Kier alpha value is -2.89. The van der Waals surface area contributed by atoms with Crippen molar-refractivity contribution in [2.45, 2.75) is 6.42 Å². The van der Waals surface area contributed by atoms with E-state index in [1.165, 1.54) is 6.07 Å². The summed E-state index contributed by atoms with van der Waals surface area (Å²) < 4.78 is 13.6. The van der Waals surface area contributed by atoms with Gasteiger partial charge in [0.1, 0.15) is 5.82 Å². The zero-order valence-electron chi connectivity index (χ0n) is 11.5. The number of carboxylic acids is 1. The monoisotopic (exact) mass is 300 g/mol. The Morgan fingerprint density at radius 1 is 1.18 bits per heavy atom. The van der Waals surface area contributed by atoms with E-state index in [0.717, 1.165) is 36.3 Å². The van der Waals surface area contributed by atoms with Gasteiger partial charge in [0.25, 0.3) is 5.91 Å². The molecule has 0 spiro atoms. The van der Waals surface area contributed by atoms with Gasteiger partial charge >= 0.3 is 5.97 Å². The molecule has 0 saturated carbocycles. The van der Waals surface area contributed by atoms with Gasteiger partial charge in [0, 0.05) is 23.5 Å². The summed E-state index contributed by atoms with van der Waals surface area (Å²) in [6.07, 6.45) is 0.930. The SMILES string of the molecule is O=C(Nc1ccc(C(=O)O)c(F)c1)c1ccc2c(c1)NCC2. The highest BCUT2D eigenvalue weighted by Gasteiger charge is 2.15. The second-order valence-electron chi connectivity index (χ2n) is 5.00. The number of carbonyl (C=O) groups is 2. The Morgan fingerprint density at radius 2 is 2.00 bits per heavy atom. The third kappa shape index (κ3) is 2.63. The molecule has 1 aliphatic heterocycles. The highest BCUT2D eigenvalue weighted by atomic mass is 19.1. The average Bonchev–Trinajstić information content (AvgIpc) is 2.94. The van der Waals surface area contributed by atoms with Crippen molar-refractivity contribution in [3.8, 4) is 0 Å². The fourth-order valence-electron chi connectivity index (χ4n) is 2.40. The number of benzene rings is 2. The van der Waals surface area contributed by atoms with Gasteiger partial charge in [0.2, 0.25) is 0 Å². The van der Waals surface area contributed by atoms with Gasteiger partial charge in [0.05, 0.1) is 5.56 Å². The third-order valence-corrected chi connectivity index (χ3v) is 3.54. The maximum Gasteiger partial charge on any atom is 0.338 e. The quantitative estimate of drug-likeness (QED) is 0.814. The summed E-state index contributed by atoms with van der Waals surface area (Å²) in [4.78, 5) is 22.9. The van der Waals surface area contributed by atoms with E-state index in [-0.39, 0.29) is 11.6 Å². The molecule has 0 radical (unpaired) electrons. The Morgan fingerprint density at radius 3 is 2.73 bits per heavy atom. The van der Waals surface area contributed by atoms with Crippen molar-refractivity contribution in [1.82, 2.24) is 0 Å². The van der Waals surface area contributed by atoms with Gasteiger partial charge in [0.15, 0.2) is 0 Å². The molecule has 6 heteroatoms. The Kier molecular flexibility index (Phi) is 3.50. The van der Waals surface area contributed by atoms with Crippen LogP contribution in [-0.4, -0.2) is 23.5 Å². The van der Waals surface area contributed by atoms with Gasteiger partial charge in [-0.25, -0.2) is 9.18 Å². The zero-order chi connectivity index (χ0) is 15.7. The minimum Gasteiger partial charge on any atom is -0.478 e. The molecule has 2 aromatic rings. The van der Waals surface area contributed by atoms with Crippen LogP contribution < -0.4 is 10.6 Å². The number of carbonyl (C=O) groups excluding carboxylic acids is 1. The molecule has 22 heavy (non-hydrogen) atoms. The van der Waals surface area contributed by atoms with Crippen LogP contribution in [0.15, 0.2) is 36.4 Å². The van der Waals surface area contributed by atoms with Crippen LogP contribution >= 0.6 is 0 Å². The Labute approximate surface area is 125 Å². The fourth-order valence-corrected chi connectivity index (χ4v) is 2.40. The van der Waals surface area contributed by atoms with Crippen LogP contribution in [0.1, 0.15) is 26.3 Å². The molecule has 0 aromatic heterocycles. The fraction of sp³-hybridized carbons (Fsp3) is 0.125. The van der Waals surface area contributed by atoms with Crippen LogP contribution in [0.2, 0.25) is 0 Å². The molecule has 3 N–H and O–H groups in total. The first-order valence-electron chi connectivity index (χ1n) is 6.75. The van der Waals surface area contributed by atoms with Crippen molar-refractivity contribution in [2.75, 3.05) is 17.2 Å². The summed E-state index contributed by atoms with van der Waals surface area (Å²) in [5.41, 5.74) is 2.32. The highest BCUT2D eigenvalue weighted by molar-refractivity contribution is 6.05. The summed E-state index contributed by atoms with van der Waals surface area (Å²) >= 11 is 0. The Balaban J connectivity index is 1.79. The van der Waals surface area contributed by atoms with E-state index in [1.807, 2.05) is 6.07 Å². The number of fused-ring (bicyclic) bond motifs is 1. The van der Waals surface area contributed by atoms with E-state index in [4.69, 9.17) is 5.11 Å². The molecular formula is C16H13FN2O3. The first-order valence-corrected chi connectivity index (χ1v) is 6.75. The van der Waals surface area contributed by atoms with Crippen molar-refractivity contribution in [2.24, 2.45) is 0 Å². The molecule has 1 aliphatic rings. The summed E-state index contributed by atoms with van der Waals surface area (Å²) in [7, 11) is 0. The number of nitrogens with one attached hydrogen (secondary N) is 2. The maximum atomic E-state index is 13.6. The van der Waals surface area contributed by atoms with Crippen LogP contribution in [0.25, 0.3) is 0 Å². The number of rotatable bonds is 3. The van der Waals surface area contributed by atoms with Gasteiger partial charge in [-0.2, -0.15) is 0 Å². The minimum absolute atomic E-state index is 0.209. The van der Waals surface area contributed by atoms with Crippen LogP contribution in [0, 0.1) is 5.82 Å². The first-order chi connectivity index (χ1) is 10.5. The van der Waals surface area contributed by atoms with Crippen LogP contribution in [-0.2, 0) is 6.42 Å². The molecule has 1 heterocycles. The van der Waals surface area contributed by atoms with Crippen LogP contribution in [0.4, 0.5) is 15.8 Å². The molecular weight excluding hydrogens is 287 g/mol. The van der Waals surface area contributed by atoms with Gasteiger partial charge in [-0.15, -0.1) is 0 Å². The second kappa shape index (κ2) is 5.48. The highest BCUT2D eigenvalue weighted by Crippen LogP contribution is 2.24. The molecule has 2 aromatic carbocycles. The zero-order valence-corrected chi connectivity index (χ0v) is 11.5. The molecule has 112 valence electrons. The lowest BCUT2D eigenvalue weighted by Crippen LogP contribution is -2.13. The van der Waals surface area contributed by atoms with E-state index < -0.39 is 17.3 Å².